The number of aromatic nitrogens is 3. The normalized spacial score (nSPS) is 15.1. The molecule has 0 aliphatic carbocycles. The van der Waals surface area contributed by atoms with E-state index in [1.165, 1.54) is 31.4 Å². The van der Waals surface area contributed by atoms with Crippen LogP contribution < -0.4 is 25.8 Å². The van der Waals surface area contributed by atoms with E-state index in [1.807, 2.05) is 0 Å². The number of aromatic amines is 1. The summed E-state index contributed by atoms with van der Waals surface area (Å²) in [6.07, 6.45) is -3.56. The highest BCUT2D eigenvalue weighted by Crippen LogP contribution is 2.44. The Labute approximate surface area is 209 Å². The zero-order chi connectivity index (χ0) is 26.1. The van der Waals surface area contributed by atoms with Crippen LogP contribution in [0.1, 0.15) is 18.4 Å². The van der Waals surface area contributed by atoms with Gasteiger partial charge in [-0.15, -0.1) is 5.10 Å². The Morgan fingerprint density at radius 1 is 1.19 bits per heavy atom. The van der Waals surface area contributed by atoms with Gasteiger partial charge in [0.15, 0.2) is 0 Å². The Kier molecular flexibility index (Phi) is 7.31. The zero-order valence-corrected chi connectivity index (χ0v) is 20.5. The minimum atomic E-state index is -4.79. The van der Waals surface area contributed by atoms with Crippen LogP contribution in [0.2, 0.25) is 5.02 Å². The van der Waals surface area contributed by atoms with Crippen LogP contribution in [0.25, 0.3) is 11.1 Å². The lowest BCUT2D eigenvalue weighted by Crippen LogP contribution is -2.42. The molecule has 0 unspecified atom stereocenters. The number of hydrogen-bond acceptors (Lipinski definition) is 8. The second-order valence-electron chi connectivity index (χ2n) is 8.06. The molecule has 1 fully saturated rings. The minimum absolute atomic E-state index is 0.0203. The standard InChI is InChI=1S/C21H23ClF3N7O3S/c1-35-16-8-11(2-3-17(16)36(33,34)32-12-4-6-27-7-5-12)18-14(21(23,24)25)9-13(10-15(18)22)28-20-29-19(26)30-31-20/h2-3,8-10,12,27,32H,4-7H2,1H3,(H4,26,28,29,30,31). The number of halogens is 4. The van der Waals surface area contributed by atoms with E-state index in [1.54, 1.807) is 0 Å². The van der Waals surface area contributed by atoms with Gasteiger partial charge in [0, 0.05) is 17.3 Å². The number of rotatable bonds is 7. The summed E-state index contributed by atoms with van der Waals surface area (Å²) in [5.41, 5.74) is 4.07. The number of nitrogens with zero attached hydrogens (tertiary/aromatic N) is 2. The van der Waals surface area contributed by atoms with E-state index in [4.69, 9.17) is 22.1 Å². The van der Waals surface area contributed by atoms with E-state index in [9.17, 15) is 21.6 Å². The van der Waals surface area contributed by atoms with Crippen LogP contribution in [0.3, 0.4) is 0 Å². The van der Waals surface area contributed by atoms with Crippen LogP contribution >= 0.6 is 11.6 Å². The second kappa shape index (κ2) is 10.1. The van der Waals surface area contributed by atoms with Gasteiger partial charge in [0.2, 0.25) is 21.9 Å². The molecule has 36 heavy (non-hydrogen) atoms. The van der Waals surface area contributed by atoms with Crippen molar-refractivity contribution in [3.8, 4) is 16.9 Å². The third kappa shape index (κ3) is 5.67. The first-order valence-electron chi connectivity index (χ1n) is 10.7. The molecule has 15 heteroatoms. The van der Waals surface area contributed by atoms with E-state index in [-0.39, 0.29) is 50.4 Å². The first-order chi connectivity index (χ1) is 17.0. The van der Waals surface area contributed by atoms with Crippen molar-refractivity contribution in [1.82, 2.24) is 25.2 Å². The molecule has 194 valence electrons. The molecule has 4 rings (SSSR count). The predicted molar refractivity (Wildman–Crippen MR) is 129 cm³/mol. The van der Waals surface area contributed by atoms with Gasteiger partial charge in [-0.1, -0.05) is 17.7 Å². The lowest BCUT2D eigenvalue weighted by Gasteiger charge is -2.24. The van der Waals surface area contributed by atoms with Crippen molar-refractivity contribution in [3.05, 3.63) is 40.9 Å². The van der Waals surface area contributed by atoms with Gasteiger partial charge in [-0.05, 0) is 55.8 Å². The number of nitrogen functional groups attached to an aromatic ring is 1. The Morgan fingerprint density at radius 2 is 1.92 bits per heavy atom. The third-order valence-electron chi connectivity index (χ3n) is 5.56. The molecule has 6 N–H and O–H groups in total. The molecular weight excluding hydrogens is 523 g/mol. The van der Waals surface area contributed by atoms with E-state index < -0.39 is 21.8 Å². The number of piperidine rings is 1. The SMILES string of the molecule is COc1cc(-c2c(Cl)cc(Nc3n[nH]c(N)n3)cc2C(F)(F)F)ccc1S(=O)(=O)NC1CCNCC1. The first-order valence-corrected chi connectivity index (χ1v) is 12.6. The summed E-state index contributed by atoms with van der Waals surface area (Å²) in [5.74, 6) is -0.175. The number of anilines is 3. The molecule has 0 atom stereocenters. The van der Waals surface area contributed by atoms with Crippen molar-refractivity contribution in [2.24, 2.45) is 0 Å². The Hall–Kier alpha value is -3.07. The molecule has 1 aliphatic rings. The molecule has 1 aliphatic heterocycles. The fourth-order valence-corrected chi connectivity index (χ4v) is 5.71. The molecule has 1 saturated heterocycles. The molecular formula is C21H23ClF3N7O3S. The van der Waals surface area contributed by atoms with Gasteiger partial charge in [-0.25, -0.2) is 18.2 Å². The monoisotopic (exact) mass is 545 g/mol. The van der Waals surface area contributed by atoms with Crippen molar-refractivity contribution in [2.45, 2.75) is 30.0 Å². The number of methoxy groups -OCH3 is 1. The van der Waals surface area contributed by atoms with Gasteiger partial charge in [-0.3, -0.25) is 0 Å². The molecule has 10 nitrogen and oxygen atoms in total. The van der Waals surface area contributed by atoms with Crippen molar-refractivity contribution in [1.29, 1.82) is 0 Å². The largest absolute Gasteiger partial charge is 0.495 e. The average molecular weight is 546 g/mol. The number of H-pyrrole nitrogens is 1. The highest BCUT2D eigenvalue weighted by Gasteiger charge is 2.36. The first kappa shape index (κ1) is 26.0. The summed E-state index contributed by atoms with van der Waals surface area (Å²) < 4.78 is 76.1. The van der Waals surface area contributed by atoms with Crippen LogP contribution in [0.15, 0.2) is 35.2 Å². The van der Waals surface area contributed by atoms with Crippen LogP contribution in [-0.4, -0.2) is 49.8 Å². The highest BCUT2D eigenvalue weighted by atomic mass is 35.5. The van der Waals surface area contributed by atoms with Gasteiger partial charge >= 0.3 is 6.18 Å². The number of sulfonamides is 1. The lowest BCUT2D eigenvalue weighted by atomic mass is 9.98. The Balaban J connectivity index is 1.73. The van der Waals surface area contributed by atoms with Gasteiger partial charge in [0.25, 0.3) is 0 Å². The minimum Gasteiger partial charge on any atom is -0.495 e. The zero-order valence-electron chi connectivity index (χ0n) is 18.9. The maximum absolute atomic E-state index is 14.1. The summed E-state index contributed by atoms with van der Waals surface area (Å²) in [4.78, 5) is 3.62. The molecule has 0 saturated carbocycles. The van der Waals surface area contributed by atoms with E-state index in [0.29, 0.717) is 25.9 Å². The van der Waals surface area contributed by atoms with Crippen molar-refractivity contribution in [3.63, 3.8) is 0 Å². The fourth-order valence-electron chi connectivity index (χ4n) is 3.92. The Morgan fingerprint density at radius 3 is 2.53 bits per heavy atom. The summed E-state index contributed by atoms with van der Waals surface area (Å²) in [7, 11) is -2.74. The predicted octanol–water partition coefficient (Wildman–Crippen LogP) is 3.51. The van der Waals surface area contributed by atoms with Crippen molar-refractivity contribution in [2.75, 3.05) is 31.2 Å². The van der Waals surface area contributed by atoms with Gasteiger partial charge < -0.3 is 21.1 Å². The molecule has 0 amide bonds. The number of benzene rings is 2. The van der Waals surface area contributed by atoms with Gasteiger partial charge in [0.05, 0.1) is 17.7 Å². The van der Waals surface area contributed by atoms with Crippen LogP contribution in [0.5, 0.6) is 5.75 Å². The average Bonchev–Trinajstić information content (AvgIpc) is 3.22. The summed E-state index contributed by atoms with van der Waals surface area (Å²) in [6.45, 7) is 1.35. The van der Waals surface area contributed by atoms with Gasteiger partial charge in [0.1, 0.15) is 10.6 Å². The number of hydrogen-bond donors (Lipinski definition) is 5. The summed E-state index contributed by atoms with van der Waals surface area (Å²) in [6, 6.07) is 5.55. The van der Waals surface area contributed by atoms with Crippen molar-refractivity contribution < 1.29 is 26.3 Å². The molecule has 2 heterocycles. The van der Waals surface area contributed by atoms with Crippen LogP contribution in [-0.2, 0) is 16.2 Å². The highest BCUT2D eigenvalue weighted by molar-refractivity contribution is 7.89. The third-order valence-corrected chi connectivity index (χ3v) is 7.42. The molecule has 2 aromatic carbocycles. The number of alkyl halides is 3. The summed E-state index contributed by atoms with van der Waals surface area (Å²) in [5, 5.41) is 11.6. The Bertz CT molecular complexity index is 1360. The number of ether oxygens (including phenoxy) is 1. The van der Waals surface area contributed by atoms with E-state index in [2.05, 4.69) is 30.5 Å². The van der Waals surface area contributed by atoms with E-state index in [0.717, 1.165) is 6.07 Å². The number of nitrogens with two attached hydrogens (primary N) is 1. The molecule has 0 spiro atoms. The molecule has 0 radical (unpaired) electrons. The second-order valence-corrected chi connectivity index (χ2v) is 10.1. The fraction of sp³-hybridized carbons (Fsp3) is 0.333. The molecule has 0 bridgehead atoms. The maximum Gasteiger partial charge on any atom is 0.417 e. The summed E-state index contributed by atoms with van der Waals surface area (Å²) >= 11 is 6.31. The van der Waals surface area contributed by atoms with Crippen LogP contribution in [0, 0.1) is 0 Å². The quantitative estimate of drug-likeness (QED) is 0.303. The van der Waals surface area contributed by atoms with E-state index >= 15 is 0 Å². The maximum atomic E-state index is 14.1. The smallest absolute Gasteiger partial charge is 0.417 e. The lowest BCUT2D eigenvalue weighted by molar-refractivity contribution is -0.137. The topological polar surface area (TPSA) is 147 Å². The molecule has 1 aromatic heterocycles. The van der Waals surface area contributed by atoms with Crippen molar-refractivity contribution >= 4 is 39.2 Å². The molecule has 3 aromatic rings. The van der Waals surface area contributed by atoms with Crippen LogP contribution in [0.4, 0.5) is 30.8 Å². The number of nitrogens with one attached hydrogen (secondary N) is 4. The van der Waals surface area contributed by atoms with Gasteiger partial charge in [-0.2, -0.15) is 18.2 Å².